The van der Waals surface area contributed by atoms with Crippen LogP contribution in [0.5, 0.6) is 0 Å². The molecular weight excluding hydrogens is 158 g/mol. The summed E-state index contributed by atoms with van der Waals surface area (Å²) in [5.74, 6) is 0. The van der Waals surface area contributed by atoms with Crippen molar-refractivity contribution in [1.82, 2.24) is 0 Å². The van der Waals surface area contributed by atoms with E-state index in [1.807, 2.05) is 12.3 Å². The highest BCUT2D eigenvalue weighted by Crippen LogP contribution is 2.24. The Hall–Kier alpha value is -0.830. The minimum atomic E-state index is 0.574. The zero-order valence-corrected chi connectivity index (χ0v) is 7.28. The fourth-order valence-electron chi connectivity index (χ4n) is 0.890. The molecule has 2 N–H and O–H groups in total. The highest BCUT2D eigenvalue weighted by atomic mass is 32.1. The van der Waals surface area contributed by atoms with Crippen LogP contribution in [0, 0.1) is 6.92 Å². The lowest BCUT2D eigenvalue weighted by Gasteiger charge is -1.94. The quantitative estimate of drug-likeness (QED) is 0.701. The molecule has 0 aromatic carbocycles. The molecule has 0 fully saturated rings. The average Bonchev–Trinajstić information content (AvgIpc) is 2.31. The van der Waals surface area contributed by atoms with Gasteiger partial charge in [-0.05, 0) is 24.3 Å². The highest BCUT2D eigenvalue weighted by molar-refractivity contribution is 7.10. The van der Waals surface area contributed by atoms with Crippen LogP contribution in [0.15, 0.2) is 5.38 Å². The summed E-state index contributed by atoms with van der Waals surface area (Å²) in [5, 5.41) is 2.02. The first-order valence-electron chi connectivity index (χ1n) is 3.51. The molecule has 3 heteroatoms. The van der Waals surface area contributed by atoms with Crippen molar-refractivity contribution in [3.05, 3.63) is 15.8 Å². The SMILES string of the molecule is Cc1csc(CCC=O)c1N. The van der Waals surface area contributed by atoms with Gasteiger partial charge in [-0.1, -0.05) is 0 Å². The van der Waals surface area contributed by atoms with E-state index in [2.05, 4.69) is 0 Å². The van der Waals surface area contributed by atoms with Crippen LogP contribution in [0.25, 0.3) is 0 Å². The molecule has 0 atom stereocenters. The molecule has 1 aromatic rings. The van der Waals surface area contributed by atoms with E-state index in [9.17, 15) is 4.79 Å². The average molecular weight is 169 g/mol. The number of aldehydes is 1. The first-order chi connectivity index (χ1) is 5.25. The van der Waals surface area contributed by atoms with Crippen molar-refractivity contribution in [2.45, 2.75) is 19.8 Å². The fraction of sp³-hybridized carbons (Fsp3) is 0.375. The van der Waals surface area contributed by atoms with E-state index in [4.69, 9.17) is 5.73 Å². The Bertz CT molecular complexity index is 255. The van der Waals surface area contributed by atoms with E-state index in [0.717, 1.165) is 28.8 Å². The minimum absolute atomic E-state index is 0.574. The summed E-state index contributed by atoms with van der Waals surface area (Å²) in [7, 11) is 0. The maximum absolute atomic E-state index is 10.1. The molecule has 0 saturated carbocycles. The lowest BCUT2D eigenvalue weighted by atomic mass is 10.2. The van der Waals surface area contributed by atoms with E-state index in [1.165, 1.54) is 0 Å². The maximum atomic E-state index is 10.1. The molecule has 0 unspecified atom stereocenters. The molecule has 0 saturated heterocycles. The van der Waals surface area contributed by atoms with Crippen molar-refractivity contribution in [2.24, 2.45) is 0 Å². The Labute approximate surface area is 70.0 Å². The Kier molecular flexibility index (Phi) is 2.65. The number of rotatable bonds is 3. The molecule has 0 amide bonds. The summed E-state index contributed by atoms with van der Waals surface area (Å²) < 4.78 is 0. The Morgan fingerprint density at radius 2 is 2.45 bits per heavy atom. The molecule has 11 heavy (non-hydrogen) atoms. The van der Waals surface area contributed by atoms with Gasteiger partial charge in [0.15, 0.2) is 0 Å². The molecule has 2 nitrogen and oxygen atoms in total. The lowest BCUT2D eigenvalue weighted by Crippen LogP contribution is -1.91. The van der Waals surface area contributed by atoms with Gasteiger partial charge in [0, 0.05) is 17.0 Å². The predicted octanol–water partition coefficient (Wildman–Crippen LogP) is 1.77. The number of thiophene rings is 1. The lowest BCUT2D eigenvalue weighted by molar-refractivity contribution is -0.107. The van der Waals surface area contributed by atoms with Crippen molar-refractivity contribution in [1.29, 1.82) is 0 Å². The third-order valence-electron chi connectivity index (χ3n) is 1.59. The highest BCUT2D eigenvalue weighted by Gasteiger charge is 2.03. The second kappa shape index (κ2) is 3.53. The van der Waals surface area contributed by atoms with Crippen molar-refractivity contribution in [3.8, 4) is 0 Å². The number of nitrogen functional groups attached to an aromatic ring is 1. The summed E-state index contributed by atoms with van der Waals surface area (Å²) >= 11 is 1.63. The smallest absolute Gasteiger partial charge is 0.120 e. The van der Waals surface area contributed by atoms with Gasteiger partial charge in [0.2, 0.25) is 0 Å². The van der Waals surface area contributed by atoms with Gasteiger partial charge in [-0.25, -0.2) is 0 Å². The first-order valence-corrected chi connectivity index (χ1v) is 4.39. The van der Waals surface area contributed by atoms with Crippen molar-refractivity contribution in [3.63, 3.8) is 0 Å². The summed E-state index contributed by atoms with van der Waals surface area (Å²) in [6.45, 7) is 1.98. The van der Waals surface area contributed by atoms with Crippen LogP contribution in [0.4, 0.5) is 5.69 Å². The maximum Gasteiger partial charge on any atom is 0.120 e. The summed E-state index contributed by atoms with van der Waals surface area (Å²) in [4.78, 5) is 11.2. The van der Waals surface area contributed by atoms with E-state index < -0.39 is 0 Å². The van der Waals surface area contributed by atoms with Crippen molar-refractivity contribution < 1.29 is 4.79 Å². The van der Waals surface area contributed by atoms with Crippen LogP contribution in [0.3, 0.4) is 0 Å². The molecule has 0 bridgehead atoms. The van der Waals surface area contributed by atoms with Gasteiger partial charge in [0.25, 0.3) is 0 Å². The molecule has 0 aliphatic heterocycles. The van der Waals surface area contributed by atoms with Gasteiger partial charge in [0.05, 0.1) is 0 Å². The molecule has 60 valence electrons. The first kappa shape index (κ1) is 8.27. The number of anilines is 1. The van der Waals surface area contributed by atoms with Gasteiger partial charge in [0.1, 0.15) is 6.29 Å². The molecule has 1 heterocycles. The normalized spacial score (nSPS) is 9.91. The van der Waals surface area contributed by atoms with E-state index >= 15 is 0 Å². The minimum Gasteiger partial charge on any atom is -0.398 e. The number of carbonyl (C=O) groups is 1. The zero-order chi connectivity index (χ0) is 8.27. The fourth-order valence-corrected chi connectivity index (χ4v) is 1.86. The topological polar surface area (TPSA) is 43.1 Å². The van der Waals surface area contributed by atoms with Crippen LogP contribution in [-0.2, 0) is 11.2 Å². The summed E-state index contributed by atoms with van der Waals surface area (Å²) in [6, 6.07) is 0. The van der Waals surface area contributed by atoms with Gasteiger partial charge in [-0.3, -0.25) is 0 Å². The monoisotopic (exact) mass is 169 g/mol. The molecule has 0 aliphatic rings. The van der Waals surface area contributed by atoms with Gasteiger partial charge in [-0.15, -0.1) is 11.3 Å². The zero-order valence-electron chi connectivity index (χ0n) is 6.46. The Morgan fingerprint density at radius 3 is 2.91 bits per heavy atom. The molecular formula is C8H11NOS. The van der Waals surface area contributed by atoms with Gasteiger partial charge >= 0.3 is 0 Å². The number of hydrogen-bond donors (Lipinski definition) is 1. The van der Waals surface area contributed by atoms with Crippen molar-refractivity contribution >= 4 is 23.3 Å². The summed E-state index contributed by atoms with van der Waals surface area (Å²) in [6.07, 6.45) is 2.28. The predicted molar refractivity (Wildman–Crippen MR) is 47.9 cm³/mol. The Morgan fingerprint density at radius 1 is 1.73 bits per heavy atom. The van der Waals surface area contributed by atoms with E-state index in [1.54, 1.807) is 11.3 Å². The van der Waals surface area contributed by atoms with Crippen LogP contribution >= 0.6 is 11.3 Å². The van der Waals surface area contributed by atoms with Crippen LogP contribution < -0.4 is 5.73 Å². The summed E-state index contributed by atoms with van der Waals surface area (Å²) in [5.41, 5.74) is 7.72. The molecule has 1 aromatic heterocycles. The molecule has 0 aliphatic carbocycles. The van der Waals surface area contributed by atoms with Gasteiger partial charge < -0.3 is 10.5 Å². The van der Waals surface area contributed by atoms with E-state index in [0.29, 0.717) is 6.42 Å². The van der Waals surface area contributed by atoms with Crippen LogP contribution in [0.1, 0.15) is 16.9 Å². The number of carbonyl (C=O) groups excluding carboxylic acids is 1. The van der Waals surface area contributed by atoms with Crippen LogP contribution in [0.2, 0.25) is 0 Å². The molecule has 0 spiro atoms. The number of aryl methyl sites for hydroxylation is 2. The largest absolute Gasteiger partial charge is 0.398 e. The molecule has 0 radical (unpaired) electrons. The number of nitrogens with two attached hydrogens (primary N) is 1. The third-order valence-corrected chi connectivity index (χ3v) is 2.77. The van der Waals surface area contributed by atoms with E-state index in [-0.39, 0.29) is 0 Å². The Balaban J connectivity index is 2.70. The number of hydrogen-bond acceptors (Lipinski definition) is 3. The van der Waals surface area contributed by atoms with Gasteiger partial charge in [-0.2, -0.15) is 0 Å². The van der Waals surface area contributed by atoms with Crippen molar-refractivity contribution in [2.75, 3.05) is 5.73 Å². The van der Waals surface area contributed by atoms with Crippen LogP contribution in [-0.4, -0.2) is 6.29 Å². The third kappa shape index (κ3) is 1.80. The second-order valence-electron chi connectivity index (χ2n) is 2.46. The molecule has 1 rings (SSSR count). The second-order valence-corrected chi connectivity index (χ2v) is 3.43. The standard InChI is InChI=1S/C8H11NOS/c1-6-5-11-7(8(6)9)3-2-4-10/h4-5H,2-3,9H2,1H3.